The molecule has 1 heterocycles. The van der Waals surface area contributed by atoms with Gasteiger partial charge in [0.05, 0.1) is 11.7 Å². The maximum Gasteiger partial charge on any atom is 0.257 e. The number of aliphatic hydroxyl groups is 1. The van der Waals surface area contributed by atoms with Crippen LogP contribution in [0.25, 0.3) is 0 Å². The van der Waals surface area contributed by atoms with Crippen LogP contribution in [0.5, 0.6) is 5.75 Å². The molecule has 1 aliphatic heterocycles. The zero-order chi connectivity index (χ0) is 15.5. The maximum atomic E-state index is 12.8. The molecule has 0 radical (unpaired) electrons. The standard InChI is InChI=1S/C17H22ClNO3/c18-13-5-6-16(22-14-3-1-2-4-14)15(9-13)17(21)19-8-7-12(10-19)11-20/h5-6,9,12,14,20H,1-4,7-8,10-11H2. The predicted molar refractivity (Wildman–Crippen MR) is 85.4 cm³/mol. The highest BCUT2D eigenvalue weighted by Crippen LogP contribution is 2.30. The molecule has 0 bridgehead atoms. The smallest absolute Gasteiger partial charge is 0.257 e. The molecule has 1 amide bonds. The minimum atomic E-state index is -0.0496. The van der Waals surface area contributed by atoms with E-state index in [1.54, 1.807) is 23.1 Å². The summed E-state index contributed by atoms with van der Waals surface area (Å²) in [5.41, 5.74) is 0.540. The number of carbonyl (C=O) groups is 1. The first kappa shape index (κ1) is 15.6. The molecular formula is C17H22ClNO3. The summed E-state index contributed by atoms with van der Waals surface area (Å²) >= 11 is 6.07. The zero-order valence-corrected chi connectivity index (χ0v) is 13.4. The number of likely N-dealkylation sites (tertiary alicyclic amines) is 1. The van der Waals surface area contributed by atoms with E-state index in [0.717, 1.165) is 19.3 Å². The Bertz CT molecular complexity index is 543. The zero-order valence-electron chi connectivity index (χ0n) is 12.6. The van der Waals surface area contributed by atoms with Crippen molar-refractivity contribution < 1.29 is 14.6 Å². The van der Waals surface area contributed by atoms with Gasteiger partial charge in [0, 0.05) is 30.6 Å². The third-order valence-electron chi connectivity index (χ3n) is 4.60. The number of benzene rings is 1. The molecule has 1 atom stereocenters. The van der Waals surface area contributed by atoms with E-state index in [9.17, 15) is 9.90 Å². The van der Waals surface area contributed by atoms with Crippen LogP contribution in [0.1, 0.15) is 42.5 Å². The fraction of sp³-hybridized carbons (Fsp3) is 0.588. The minimum Gasteiger partial charge on any atom is -0.490 e. The number of nitrogens with zero attached hydrogens (tertiary/aromatic N) is 1. The van der Waals surface area contributed by atoms with Gasteiger partial charge >= 0.3 is 0 Å². The summed E-state index contributed by atoms with van der Waals surface area (Å²) < 4.78 is 6.04. The average Bonchev–Trinajstić information content (AvgIpc) is 3.19. The van der Waals surface area contributed by atoms with Crippen molar-refractivity contribution in [1.29, 1.82) is 0 Å². The van der Waals surface area contributed by atoms with Crippen LogP contribution in [0.2, 0.25) is 5.02 Å². The third kappa shape index (κ3) is 3.39. The van der Waals surface area contributed by atoms with Gasteiger partial charge in [0.15, 0.2) is 0 Å². The van der Waals surface area contributed by atoms with E-state index < -0.39 is 0 Å². The summed E-state index contributed by atoms with van der Waals surface area (Å²) in [6.45, 7) is 1.41. The molecule has 5 heteroatoms. The second-order valence-corrected chi connectivity index (χ2v) is 6.69. The Labute approximate surface area is 136 Å². The van der Waals surface area contributed by atoms with Gasteiger partial charge in [-0.1, -0.05) is 11.6 Å². The number of aliphatic hydroxyl groups excluding tert-OH is 1. The Morgan fingerprint density at radius 2 is 2.09 bits per heavy atom. The van der Waals surface area contributed by atoms with Gasteiger partial charge < -0.3 is 14.7 Å². The number of hydrogen-bond donors (Lipinski definition) is 1. The Morgan fingerprint density at radius 1 is 1.32 bits per heavy atom. The van der Waals surface area contributed by atoms with Crippen molar-refractivity contribution in [3.63, 3.8) is 0 Å². The Balaban J connectivity index is 1.78. The van der Waals surface area contributed by atoms with Crippen LogP contribution < -0.4 is 4.74 Å². The number of amides is 1. The fourth-order valence-corrected chi connectivity index (χ4v) is 3.47. The largest absolute Gasteiger partial charge is 0.490 e. The van der Waals surface area contributed by atoms with Crippen LogP contribution in [-0.2, 0) is 0 Å². The fourth-order valence-electron chi connectivity index (χ4n) is 3.29. The van der Waals surface area contributed by atoms with Crippen molar-refractivity contribution in [3.05, 3.63) is 28.8 Å². The van der Waals surface area contributed by atoms with E-state index in [4.69, 9.17) is 16.3 Å². The first-order valence-corrected chi connectivity index (χ1v) is 8.41. The predicted octanol–water partition coefficient (Wildman–Crippen LogP) is 3.12. The number of halogens is 1. The SMILES string of the molecule is O=C(c1cc(Cl)ccc1OC1CCCC1)N1CCC(CO)C1. The second kappa shape index (κ2) is 6.88. The second-order valence-electron chi connectivity index (χ2n) is 6.25. The van der Waals surface area contributed by atoms with E-state index in [-0.39, 0.29) is 24.5 Å². The summed E-state index contributed by atoms with van der Waals surface area (Å²) in [4.78, 5) is 14.5. The van der Waals surface area contributed by atoms with Crippen molar-refractivity contribution in [2.45, 2.75) is 38.2 Å². The van der Waals surface area contributed by atoms with Crippen LogP contribution >= 0.6 is 11.6 Å². The highest BCUT2D eigenvalue weighted by Gasteiger charge is 2.29. The lowest BCUT2D eigenvalue weighted by atomic mass is 10.1. The monoisotopic (exact) mass is 323 g/mol. The molecule has 2 aliphatic rings. The molecule has 1 unspecified atom stereocenters. The Kier molecular flexibility index (Phi) is 4.89. The molecule has 0 spiro atoms. The van der Waals surface area contributed by atoms with Crippen molar-refractivity contribution >= 4 is 17.5 Å². The first-order valence-electron chi connectivity index (χ1n) is 8.03. The van der Waals surface area contributed by atoms with Crippen molar-refractivity contribution in [2.75, 3.05) is 19.7 Å². The van der Waals surface area contributed by atoms with Crippen molar-refractivity contribution in [3.8, 4) is 5.75 Å². The molecule has 1 saturated carbocycles. The van der Waals surface area contributed by atoms with E-state index in [0.29, 0.717) is 29.4 Å². The van der Waals surface area contributed by atoms with Crippen molar-refractivity contribution in [1.82, 2.24) is 4.90 Å². The quantitative estimate of drug-likeness (QED) is 0.926. The molecule has 120 valence electrons. The summed E-state index contributed by atoms with van der Waals surface area (Å²) in [7, 11) is 0. The lowest BCUT2D eigenvalue weighted by Gasteiger charge is -2.20. The average molecular weight is 324 g/mol. The van der Waals surface area contributed by atoms with Gasteiger partial charge in [-0.3, -0.25) is 4.79 Å². The molecule has 1 aromatic carbocycles. The molecular weight excluding hydrogens is 302 g/mol. The molecule has 1 saturated heterocycles. The Morgan fingerprint density at radius 3 is 2.77 bits per heavy atom. The molecule has 1 N–H and O–H groups in total. The number of hydrogen-bond acceptors (Lipinski definition) is 3. The lowest BCUT2D eigenvalue weighted by Crippen LogP contribution is -2.30. The third-order valence-corrected chi connectivity index (χ3v) is 4.83. The summed E-state index contributed by atoms with van der Waals surface area (Å²) in [5.74, 6) is 0.766. The summed E-state index contributed by atoms with van der Waals surface area (Å²) in [6, 6.07) is 5.26. The molecule has 1 aliphatic carbocycles. The van der Waals surface area contributed by atoms with Crippen LogP contribution in [0.4, 0.5) is 0 Å². The Hall–Kier alpha value is -1.26. The maximum absolute atomic E-state index is 12.8. The van der Waals surface area contributed by atoms with Crippen LogP contribution in [0.3, 0.4) is 0 Å². The van der Waals surface area contributed by atoms with Gasteiger partial charge in [-0.2, -0.15) is 0 Å². The van der Waals surface area contributed by atoms with Crippen LogP contribution in [-0.4, -0.2) is 41.7 Å². The minimum absolute atomic E-state index is 0.0496. The summed E-state index contributed by atoms with van der Waals surface area (Å²) in [6.07, 6.45) is 5.52. The topological polar surface area (TPSA) is 49.8 Å². The number of rotatable bonds is 4. The molecule has 3 rings (SSSR count). The molecule has 22 heavy (non-hydrogen) atoms. The van der Waals surface area contributed by atoms with Gasteiger partial charge in [0.2, 0.25) is 0 Å². The number of carbonyl (C=O) groups excluding carboxylic acids is 1. The number of ether oxygens (including phenoxy) is 1. The van der Waals surface area contributed by atoms with E-state index in [2.05, 4.69) is 0 Å². The normalized spacial score (nSPS) is 22.3. The molecule has 4 nitrogen and oxygen atoms in total. The lowest BCUT2D eigenvalue weighted by molar-refractivity contribution is 0.0774. The van der Waals surface area contributed by atoms with Crippen LogP contribution in [0, 0.1) is 5.92 Å². The van der Waals surface area contributed by atoms with Gasteiger partial charge in [-0.15, -0.1) is 0 Å². The van der Waals surface area contributed by atoms with E-state index in [1.807, 2.05) is 0 Å². The van der Waals surface area contributed by atoms with Gasteiger partial charge in [0.25, 0.3) is 5.91 Å². The van der Waals surface area contributed by atoms with Gasteiger partial charge in [-0.05, 0) is 50.3 Å². The van der Waals surface area contributed by atoms with E-state index in [1.165, 1.54) is 12.8 Å². The molecule has 0 aromatic heterocycles. The summed E-state index contributed by atoms with van der Waals surface area (Å²) in [5, 5.41) is 9.78. The van der Waals surface area contributed by atoms with Crippen LogP contribution in [0.15, 0.2) is 18.2 Å². The highest BCUT2D eigenvalue weighted by atomic mass is 35.5. The van der Waals surface area contributed by atoms with Gasteiger partial charge in [-0.25, -0.2) is 0 Å². The van der Waals surface area contributed by atoms with Gasteiger partial charge in [0.1, 0.15) is 5.75 Å². The molecule has 1 aromatic rings. The van der Waals surface area contributed by atoms with Crippen molar-refractivity contribution in [2.24, 2.45) is 5.92 Å². The molecule has 2 fully saturated rings. The first-order chi connectivity index (χ1) is 10.7. The van der Waals surface area contributed by atoms with E-state index >= 15 is 0 Å². The highest BCUT2D eigenvalue weighted by molar-refractivity contribution is 6.31.